The van der Waals surface area contributed by atoms with Gasteiger partial charge in [-0.2, -0.15) is 0 Å². The molecule has 0 saturated heterocycles. The third-order valence-electron chi connectivity index (χ3n) is 2.81. The van der Waals surface area contributed by atoms with Crippen LogP contribution >= 0.6 is 0 Å². The van der Waals surface area contributed by atoms with E-state index >= 15 is 0 Å². The van der Waals surface area contributed by atoms with Crippen molar-refractivity contribution >= 4 is 11.6 Å². The fraction of sp³-hybridized carbons (Fsp3) is 0.500. The van der Waals surface area contributed by atoms with Crippen LogP contribution in [0, 0.1) is 0 Å². The molecular weight excluding hydrogens is 228 g/mol. The van der Waals surface area contributed by atoms with Gasteiger partial charge in [0.05, 0.1) is 12.2 Å². The van der Waals surface area contributed by atoms with Crippen LogP contribution in [-0.4, -0.2) is 31.6 Å². The number of fused-ring (bicyclic) bond motifs is 1. The van der Waals surface area contributed by atoms with Crippen LogP contribution in [0.2, 0.25) is 0 Å². The second-order valence-electron chi connectivity index (χ2n) is 5.66. The maximum atomic E-state index is 12.0. The maximum absolute atomic E-state index is 12.0. The zero-order valence-electron chi connectivity index (χ0n) is 11.4. The number of likely N-dealkylation sites (N-methyl/N-ethyl adjacent to an activating group) is 1. The average molecular weight is 248 g/mol. The largest absolute Gasteiger partial charge is 0.490 e. The number of anilines is 1. The Bertz CT molecular complexity index is 463. The van der Waals surface area contributed by atoms with Gasteiger partial charge in [-0.15, -0.1) is 0 Å². The predicted molar refractivity (Wildman–Crippen MR) is 72.4 cm³/mol. The van der Waals surface area contributed by atoms with Gasteiger partial charge in [0.25, 0.3) is 5.91 Å². The summed E-state index contributed by atoms with van der Waals surface area (Å²) in [5.74, 6) is 0.715. The third kappa shape index (κ3) is 2.75. The summed E-state index contributed by atoms with van der Waals surface area (Å²) in [5, 5.41) is 2.95. The van der Waals surface area contributed by atoms with Crippen molar-refractivity contribution in [3.63, 3.8) is 0 Å². The van der Waals surface area contributed by atoms with E-state index in [1.54, 1.807) is 0 Å². The number of hydrogen-bond acceptors (Lipinski definition) is 3. The zero-order valence-corrected chi connectivity index (χ0v) is 11.4. The van der Waals surface area contributed by atoms with Crippen molar-refractivity contribution < 1.29 is 9.53 Å². The Labute approximate surface area is 108 Å². The number of ether oxygens (including phenoxy) is 1. The molecule has 0 atom stereocenters. The lowest BCUT2D eigenvalue weighted by Crippen LogP contribution is -2.40. The minimum absolute atomic E-state index is 0.0675. The van der Waals surface area contributed by atoms with Gasteiger partial charge in [0, 0.05) is 18.2 Å². The molecular formula is C14H20N2O2. The van der Waals surface area contributed by atoms with Crippen molar-refractivity contribution in [3.8, 4) is 5.75 Å². The van der Waals surface area contributed by atoms with Crippen molar-refractivity contribution in [2.45, 2.75) is 26.3 Å². The second-order valence-corrected chi connectivity index (χ2v) is 5.66. The summed E-state index contributed by atoms with van der Waals surface area (Å²) in [6.45, 7) is 7.43. The quantitative estimate of drug-likeness (QED) is 0.827. The third-order valence-corrected chi connectivity index (χ3v) is 2.81. The first-order chi connectivity index (χ1) is 8.37. The Morgan fingerprint density at radius 1 is 1.39 bits per heavy atom. The fourth-order valence-corrected chi connectivity index (χ4v) is 1.91. The van der Waals surface area contributed by atoms with Crippen molar-refractivity contribution in [2.75, 3.05) is 25.1 Å². The molecule has 4 heteroatoms. The van der Waals surface area contributed by atoms with Gasteiger partial charge in [0.1, 0.15) is 12.4 Å². The molecule has 2 rings (SSSR count). The summed E-state index contributed by atoms with van der Waals surface area (Å²) in [5.41, 5.74) is 1.44. The molecule has 0 fully saturated rings. The van der Waals surface area contributed by atoms with E-state index in [2.05, 4.69) is 10.2 Å². The normalized spacial score (nSPS) is 14.8. The first-order valence-electron chi connectivity index (χ1n) is 6.17. The van der Waals surface area contributed by atoms with Crippen LogP contribution in [0.5, 0.6) is 5.75 Å². The molecule has 0 radical (unpaired) electrons. The Morgan fingerprint density at radius 2 is 2.11 bits per heavy atom. The van der Waals surface area contributed by atoms with E-state index in [4.69, 9.17) is 4.74 Å². The van der Waals surface area contributed by atoms with Crippen LogP contribution in [0.1, 0.15) is 31.1 Å². The van der Waals surface area contributed by atoms with Crippen LogP contribution in [0.3, 0.4) is 0 Å². The van der Waals surface area contributed by atoms with E-state index in [-0.39, 0.29) is 11.4 Å². The number of nitrogens with one attached hydrogen (secondary N) is 1. The lowest BCUT2D eigenvalue weighted by atomic mass is 10.1. The summed E-state index contributed by atoms with van der Waals surface area (Å²) in [4.78, 5) is 14.2. The van der Waals surface area contributed by atoms with E-state index in [0.717, 1.165) is 18.0 Å². The van der Waals surface area contributed by atoms with E-state index in [1.165, 1.54) is 0 Å². The summed E-state index contributed by atoms with van der Waals surface area (Å²) in [6, 6.07) is 5.59. The molecule has 0 unspecified atom stereocenters. The van der Waals surface area contributed by atoms with Gasteiger partial charge in [0.2, 0.25) is 0 Å². The van der Waals surface area contributed by atoms with E-state index in [0.29, 0.717) is 12.2 Å². The summed E-state index contributed by atoms with van der Waals surface area (Å²) >= 11 is 0. The number of carbonyl (C=O) groups is 1. The number of nitrogens with zero attached hydrogens (tertiary/aromatic N) is 1. The first kappa shape index (κ1) is 12.7. The SMILES string of the molecule is CN1CCOc2cc(C(=O)NC(C)(C)C)ccc21. The number of hydrogen-bond donors (Lipinski definition) is 1. The standard InChI is InChI=1S/C14H20N2O2/c1-14(2,3)15-13(17)10-5-6-11-12(9-10)18-8-7-16(11)4/h5-6,9H,7-8H2,1-4H3,(H,15,17). The van der Waals surface area contributed by atoms with Gasteiger partial charge in [-0.05, 0) is 39.0 Å². The monoisotopic (exact) mass is 248 g/mol. The molecule has 1 aliphatic rings. The molecule has 1 amide bonds. The summed E-state index contributed by atoms with van der Waals surface area (Å²) in [7, 11) is 2.02. The van der Waals surface area contributed by atoms with Gasteiger partial charge in [-0.3, -0.25) is 4.79 Å². The van der Waals surface area contributed by atoms with Crippen molar-refractivity contribution in [3.05, 3.63) is 23.8 Å². The number of benzene rings is 1. The molecule has 0 aromatic heterocycles. The topological polar surface area (TPSA) is 41.6 Å². The van der Waals surface area contributed by atoms with E-state index < -0.39 is 0 Å². The Kier molecular flexibility index (Phi) is 3.20. The number of rotatable bonds is 1. The predicted octanol–water partition coefficient (Wildman–Crippen LogP) is 2.04. The molecule has 0 bridgehead atoms. The highest BCUT2D eigenvalue weighted by Gasteiger charge is 2.19. The molecule has 1 aromatic rings. The van der Waals surface area contributed by atoms with Gasteiger partial charge >= 0.3 is 0 Å². The molecule has 4 nitrogen and oxygen atoms in total. The molecule has 18 heavy (non-hydrogen) atoms. The lowest BCUT2D eigenvalue weighted by molar-refractivity contribution is 0.0919. The highest BCUT2D eigenvalue weighted by Crippen LogP contribution is 2.31. The molecule has 1 N–H and O–H groups in total. The van der Waals surface area contributed by atoms with E-state index in [1.807, 2.05) is 46.0 Å². The average Bonchev–Trinajstić information content (AvgIpc) is 2.26. The number of carbonyl (C=O) groups excluding carboxylic acids is 1. The summed E-state index contributed by atoms with van der Waals surface area (Å²) in [6.07, 6.45) is 0. The second kappa shape index (κ2) is 4.52. The van der Waals surface area contributed by atoms with Crippen molar-refractivity contribution in [1.29, 1.82) is 0 Å². The molecule has 1 heterocycles. The highest BCUT2D eigenvalue weighted by molar-refractivity contribution is 5.95. The molecule has 0 spiro atoms. The van der Waals surface area contributed by atoms with Crippen LogP contribution in [-0.2, 0) is 0 Å². The minimum Gasteiger partial charge on any atom is -0.490 e. The van der Waals surface area contributed by atoms with Crippen LogP contribution in [0.4, 0.5) is 5.69 Å². The minimum atomic E-state index is -0.232. The van der Waals surface area contributed by atoms with Gasteiger partial charge < -0.3 is 15.0 Å². The zero-order chi connectivity index (χ0) is 13.3. The van der Waals surface area contributed by atoms with Crippen LogP contribution in [0.15, 0.2) is 18.2 Å². The maximum Gasteiger partial charge on any atom is 0.251 e. The number of amides is 1. The highest BCUT2D eigenvalue weighted by atomic mass is 16.5. The van der Waals surface area contributed by atoms with Crippen molar-refractivity contribution in [2.24, 2.45) is 0 Å². The van der Waals surface area contributed by atoms with Crippen LogP contribution in [0.25, 0.3) is 0 Å². The Balaban J connectivity index is 2.23. The molecule has 98 valence electrons. The lowest BCUT2D eigenvalue weighted by Gasteiger charge is -2.28. The molecule has 1 aliphatic heterocycles. The van der Waals surface area contributed by atoms with E-state index in [9.17, 15) is 4.79 Å². The first-order valence-corrected chi connectivity index (χ1v) is 6.17. The Morgan fingerprint density at radius 3 is 2.78 bits per heavy atom. The molecule has 0 aliphatic carbocycles. The van der Waals surface area contributed by atoms with Crippen LogP contribution < -0.4 is 15.0 Å². The van der Waals surface area contributed by atoms with Gasteiger partial charge in [-0.25, -0.2) is 0 Å². The fourth-order valence-electron chi connectivity index (χ4n) is 1.91. The Hall–Kier alpha value is -1.71. The molecule has 0 saturated carbocycles. The summed E-state index contributed by atoms with van der Waals surface area (Å²) < 4.78 is 5.59. The molecule has 1 aromatic carbocycles. The van der Waals surface area contributed by atoms with Crippen molar-refractivity contribution in [1.82, 2.24) is 5.32 Å². The smallest absolute Gasteiger partial charge is 0.251 e. The van der Waals surface area contributed by atoms with Gasteiger partial charge in [-0.1, -0.05) is 0 Å². The van der Waals surface area contributed by atoms with Gasteiger partial charge in [0.15, 0.2) is 0 Å².